The molecule has 0 bridgehead atoms. The van der Waals surface area contributed by atoms with Crippen molar-refractivity contribution < 1.29 is 9.84 Å². The highest BCUT2D eigenvalue weighted by Gasteiger charge is 1.95. The van der Waals surface area contributed by atoms with E-state index in [1.165, 1.54) is 7.11 Å². The number of methoxy groups -OCH3 is 1. The second-order valence-corrected chi connectivity index (χ2v) is 1.10. The molecule has 3 nitrogen and oxygen atoms in total. The molecule has 0 rings (SSSR count). The van der Waals surface area contributed by atoms with Crippen molar-refractivity contribution in [2.45, 2.75) is 6.10 Å². The molecule has 1 atom stereocenters. The van der Waals surface area contributed by atoms with E-state index in [9.17, 15) is 0 Å². The van der Waals surface area contributed by atoms with E-state index in [4.69, 9.17) is 10.4 Å². The summed E-state index contributed by atoms with van der Waals surface area (Å²) < 4.78 is 4.42. The summed E-state index contributed by atoms with van der Waals surface area (Å²) in [6.45, 7) is 0.0938. The number of aliphatic hydroxyl groups is 1. The summed E-state index contributed by atoms with van der Waals surface area (Å²) in [5.41, 5.74) is 0. The first-order valence-corrected chi connectivity index (χ1v) is 1.88. The van der Waals surface area contributed by atoms with E-state index >= 15 is 0 Å². The number of aliphatic hydroxyl groups excluding tert-OH is 1. The maximum Gasteiger partial charge on any atom is 0.163 e. The highest BCUT2D eigenvalue weighted by atomic mass is 16.5. The first-order valence-electron chi connectivity index (χ1n) is 1.88. The fraction of sp³-hybridized carbons (Fsp3) is 0.750. The molecule has 1 unspecified atom stereocenters. The molecular weight excluding hydrogens is 94.0 g/mol. The minimum Gasteiger partial charge on any atom is -0.381 e. The van der Waals surface area contributed by atoms with Gasteiger partial charge >= 0.3 is 0 Å². The lowest BCUT2D eigenvalue weighted by Gasteiger charge is -1.94. The highest BCUT2D eigenvalue weighted by molar-refractivity contribution is 4.80. The number of hydrogen-bond donors (Lipinski definition) is 1. The summed E-state index contributed by atoms with van der Waals surface area (Å²) in [6.07, 6.45) is -0.968. The van der Waals surface area contributed by atoms with Crippen molar-refractivity contribution >= 4 is 0 Å². The maximum absolute atomic E-state index is 8.37. The van der Waals surface area contributed by atoms with E-state index in [2.05, 4.69) is 4.74 Å². The van der Waals surface area contributed by atoms with Gasteiger partial charge in [0.2, 0.25) is 0 Å². The normalized spacial score (nSPS) is 12.7. The molecule has 0 saturated heterocycles. The van der Waals surface area contributed by atoms with E-state index in [1.807, 2.05) is 0 Å². The summed E-state index contributed by atoms with van der Waals surface area (Å²) in [4.78, 5) is 0. The van der Waals surface area contributed by atoms with Gasteiger partial charge in [0.1, 0.15) is 0 Å². The van der Waals surface area contributed by atoms with E-state index in [1.54, 1.807) is 6.07 Å². The molecule has 3 heteroatoms. The van der Waals surface area contributed by atoms with Crippen LogP contribution < -0.4 is 0 Å². The van der Waals surface area contributed by atoms with Gasteiger partial charge in [-0.2, -0.15) is 5.26 Å². The molecule has 0 fully saturated rings. The molecule has 0 aliphatic carbocycles. The van der Waals surface area contributed by atoms with Crippen LogP contribution in [0.2, 0.25) is 0 Å². The van der Waals surface area contributed by atoms with E-state index in [-0.39, 0.29) is 6.61 Å². The number of nitrogens with zero attached hydrogens (tertiary/aromatic N) is 1. The Kier molecular flexibility index (Phi) is 3.29. The van der Waals surface area contributed by atoms with Gasteiger partial charge in [-0.25, -0.2) is 0 Å². The third-order valence-corrected chi connectivity index (χ3v) is 0.474. The van der Waals surface area contributed by atoms with Crippen molar-refractivity contribution in [2.75, 3.05) is 13.7 Å². The second kappa shape index (κ2) is 3.59. The van der Waals surface area contributed by atoms with Crippen LogP contribution in [0.4, 0.5) is 0 Å². The number of ether oxygens (including phenoxy) is 1. The zero-order valence-electron chi connectivity index (χ0n) is 4.09. The molecule has 0 aromatic carbocycles. The van der Waals surface area contributed by atoms with Crippen molar-refractivity contribution in [3.63, 3.8) is 0 Å². The standard InChI is InChI=1S/C4H7NO2/c1-7-3-4(6)2-5/h4,6H,3H2,1H3. The lowest BCUT2D eigenvalue weighted by atomic mass is 10.4. The lowest BCUT2D eigenvalue weighted by molar-refractivity contribution is 0.0975. The van der Waals surface area contributed by atoms with E-state index < -0.39 is 6.10 Å². The fourth-order valence-corrected chi connectivity index (χ4v) is 0.195. The SMILES string of the molecule is COCC(O)C#N. The summed E-state index contributed by atoms with van der Waals surface area (Å²) in [6, 6.07) is 1.60. The summed E-state index contributed by atoms with van der Waals surface area (Å²) in [5.74, 6) is 0. The predicted molar refractivity (Wildman–Crippen MR) is 23.5 cm³/mol. The van der Waals surface area contributed by atoms with Gasteiger partial charge in [-0.05, 0) is 0 Å². The number of nitriles is 1. The maximum atomic E-state index is 8.37. The zero-order valence-corrected chi connectivity index (χ0v) is 4.09. The summed E-state index contributed by atoms with van der Waals surface area (Å²) in [7, 11) is 1.43. The molecule has 1 N–H and O–H groups in total. The van der Waals surface area contributed by atoms with Crippen LogP contribution in [0.3, 0.4) is 0 Å². The molecule has 0 saturated carbocycles. The topological polar surface area (TPSA) is 53.2 Å². The molecular formula is C4H7NO2. The van der Waals surface area contributed by atoms with Gasteiger partial charge in [0.05, 0.1) is 12.7 Å². The van der Waals surface area contributed by atoms with Gasteiger partial charge in [0.15, 0.2) is 6.10 Å². The fourth-order valence-electron chi connectivity index (χ4n) is 0.195. The Morgan fingerprint density at radius 1 is 2.00 bits per heavy atom. The molecule has 0 radical (unpaired) electrons. The Morgan fingerprint density at radius 2 is 2.57 bits per heavy atom. The molecule has 40 valence electrons. The number of rotatable bonds is 2. The van der Waals surface area contributed by atoms with Crippen LogP contribution in [-0.4, -0.2) is 24.9 Å². The van der Waals surface area contributed by atoms with Crippen LogP contribution in [0, 0.1) is 11.3 Å². The van der Waals surface area contributed by atoms with Crippen molar-refractivity contribution in [1.82, 2.24) is 0 Å². The summed E-state index contributed by atoms with van der Waals surface area (Å²) in [5, 5.41) is 16.3. The molecule has 0 spiro atoms. The van der Waals surface area contributed by atoms with Gasteiger partial charge in [0.25, 0.3) is 0 Å². The van der Waals surface area contributed by atoms with E-state index in [0.29, 0.717) is 0 Å². The van der Waals surface area contributed by atoms with Gasteiger partial charge in [-0.15, -0.1) is 0 Å². The van der Waals surface area contributed by atoms with Gasteiger partial charge in [-0.1, -0.05) is 0 Å². The first kappa shape index (κ1) is 6.41. The zero-order chi connectivity index (χ0) is 5.70. The lowest BCUT2D eigenvalue weighted by Crippen LogP contribution is -2.09. The molecule has 0 aromatic heterocycles. The highest BCUT2D eigenvalue weighted by Crippen LogP contribution is 1.76. The van der Waals surface area contributed by atoms with Crippen molar-refractivity contribution in [3.8, 4) is 6.07 Å². The molecule has 0 aliphatic rings. The van der Waals surface area contributed by atoms with Crippen molar-refractivity contribution in [2.24, 2.45) is 0 Å². The molecule has 0 aromatic rings. The van der Waals surface area contributed by atoms with Crippen LogP contribution in [0.5, 0.6) is 0 Å². The Bertz CT molecular complexity index is 76.2. The molecule has 7 heavy (non-hydrogen) atoms. The largest absolute Gasteiger partial charge is 0.381 e. The van der Waals surface area contributed by atoms with E-state index in [0.717, 1.165) is 0 Å². The van der Waals surface area contributed by atoms with Crippen LogP contribution in [0.15, 0.2) is 0 Å². The molecule has 0 aliphatic heterocycles. The molecule has 0 heterocycles. The summed E-state index contributed by atoms with van der Waals surface area (Å²) >= 11 is 0. The quantitative estimate of drug-likeness (QED) is 0.478. The first-order chi connectivity index (χ1) is 3.31. The van der Waals surface area contributed by atoms with Gasteiger partial charge < -0.3 is 9.84 Å². The predicted octanol–water partition coefficient (Wildman–Crippen LogP) is -0.483. The average Bonchev–Trinajstić information content (AvgIpc) is 1.68. The average molecular weight is 101 g/mol. The number of hydrogen-bond acceptors (Lipinski definition) is 3. The van der Waals surface area contributed by atoms with Crippen LogP contribution >= 0.6 is 0 Å². The Hall–Kier alpha value is -0.590. The minimum atomic E-state index is -0.968. The van der Waals surface area contributed by atoms with Crippen molar-refractivity contribution in [1.29, 1.82) is 5.26 Å². The Balaban J connectivity index is 3.04. The third kappa shape index (κ3) is 3.23. The van der Waals surface area contributed by atoms with Gasteiger partial charge in [-0.3, -0.25) is 0 Å². The van der Waals surface area contributed by atoms with Crippen LogP contribution in [0.1, 0.15) is 0 Å². The Morgan fingerprint density at radius 3 is 2.71 bits per heavy atom. The Labute approximate surface area is 42.1 Å². The third-order valence-electron chi connectivity index (χ3n) is 0.474. The monoisotopic (exact) mass is 101 g/mol. The van der Waals surface area contributed by atoms with Crippen molar-refractivity contribution in [3.05, 3.63) is 0 Å². The van der Waals surface area contributed by atoms with Crippen LogP contribution in [0.25, 0.3) is 0 Å². The minimum absolute atomic E-state index is 0.0938. The second-order valence-electron chi connectivity index (χ2n) is 1.10. The van der Waals surface area contributed by atoms with Crippen LogP contribution in [-0.2, 0) is 4.74 Å². The molecule has 0 amide bonds. The smallest absolute Gasteiger partial charge is 0.163 e. The van der Waals surface area contributed by atoms with Gasteiger partial charge in [0, 0.05) is 7.11 Å².